The number of ether oxygens (including phenoxy) is 5. The summed E-state index contributed by atoms with van der Waals surface area (Å²) in [6.07, 6.45) is 5.34. The number of hydrogen-bond acceptors (Lipinski definition) is 13. The number of halogens is 1. The van der Waals surface area contributed by atoms with Gasteiger partial charge in [-0.15, -0.1) is 9.93 Å². The number of methoxy groups -OCH3 is 2. The fourth-order valence-electron chi connectivity index (χ4n) is 7.75. The molecule has 1 unspecified atom stereocenters. The molecule has 2 saturated heterocycles. The number of allylic oxidation sites excluding steroid dienone is 3. The number of rotatable bonds is 14. The SMILES string of the molecule is COc1cc2cc(c1Cl)N(C)C(=O)C[C@H](OC(=O)[C@H](C)N(C)C(=O)CCSCC(=O)NCCC[SH](C)(C)=O)[C@@]1(C)CC(C)(O1)[C@@H]1C[C@@](O)(NC(=O)O1)[C@H](OC)/C=C/C=C(\C)C2. The molecule has 0 aliphatic carbocycles. The number of thioether (sulfide) groups is 1. The van der Waals surface area contributed by atoms with Crippen LogP contribution < -0.4 is 20.3 Å². The van der Waals surface area contributed by atoms with Crippen LogP contribution in [0.1, 0.15) is 65.4 Å². The summed E-state index contributed by atoms with van der Waals surface area (Å²) in [7, 11) is 3.77. The molecule has 6 bridgehead atoms. The van der Waals surface area contributed by atoms with Gasteiger partial charge in [0.1, 0.15) is 46.3 Å². The fourth-order valence-corrected chi connectivity index (χ4v) is 9.73. The first-order valence-electron chi connectivity index (χ1n) is 20.2. The van der Waals surface area contributed by atoms with E-state index in [1.807, 2.05) is 13.0 Å². The summed E-state index contributed by atoms with van der Waals surface area (Å²) in [6, 6.07) is 2.48. The lowest BCUT2D eigenvalue weighted by molar-refractivity contribution is -0.328. The second-order valence-electron chi connectivity index (χ2n) is 17.0. The van der Waals surface area contributed by atoms with Crippen molar-refractivity contribution < 1.29 is 57.0 Å². The van der Waals surface area contributed by atoms with Crippen molar-refractivity contribution in [2.45, 2.75) is 108 Å². The van der Waals surface area contributed by atoms with Crippen LogP contribution >= 0.6 is 23.4 Å². The van der Waals surface area contributed by atoms with Crippen molar-refractivity contribution in [3.8, 4) is 5.75 Å². The molecule has 0 aromatic heterocycles. The Labute approximate surface area is 369 Å². The molecule has 5 rings (SSSR count). The van der Waals surface area contributed by atoms with E-state index in [1.54, 1.807) is 57.7 Å². The maximum Gasteiger partial charge on any atom is 0.409 e. The Balaban J connectivity index is 1.56. The van der Waals surface area contributed by atoms with Gasteiger partial charge in [0.2, 0.25) is 17.7 Å². The topological polar surface area (TPSA) is 199 Å². The van der Waals surface area contributed by atoms with Crippen molar-refractivity contribution in [3.05, 3.63) is 46.5 Å². The van der Waals surface area contributed by atoms with E-state index < -0.39 is 69.2 Å². The van der Waals surface area contributed by atoms with Gasteiger partial charge in [-0.2, -0.15) is 11.8 Å². The quantitative estimate of drug-likeness (QED) is 0.120. The van der Waals surface area contributed by atoms with E-state index in [-0.39, 0.29) is 48.3 Å². The number of hydrogen-bond donors (Lipinski definition) is 4. The molecule has 16 nitrogen and oxygen atoms in total. The number of nitrogens with one attached hydrogen (secondary N) is 2. The van der Waals surface area contributed by atoms with Gasteiger partial charge in [0, 0.05) is 58.5 Å². The summed E-state index contributed by atoms with van der Waals surface area (Å²) in [4.78, 5) is 69.1. The lowest BCUT2D eigenvalue weighted by Gasteiger charge is -2.59. The van der Waals surface area contributed by atoms with Crippen molar-refractivity contribution >= 4 is 68.8 Å². The van der Waals surface area contributed by atoms with E-state index in [0.29, 0.717) is 42.3 Å². The summed E-state index contributed by atoms with van der Waals surface area (Å²) < 4.78 is 41.4. The van der Waals surface area contributed by atoms with Crippen LogP contribution in [0.15, 0.2) is 35.9 Å². The number of amides is 4. The highest BCUT2D eigenvalue weighted by Crippen LogP contribution is 2.50. The zero-order chi connectivity index (χ0) is 45.5. The molecule has 3 N–H and O–H groups in total. The van der Waals surface area contributed by atoms with Crippen LogP contribution in [-0.4, -0.2) is 150 Å². The molecule has 0 radical (unpaired) electrons. The number of anilines is 1. The fraction of sp³-hybridized carbons (Fsp3) is 0.643. The zero-order valence-corrected chi connectivity index (χ0v) is 39.3. The minimum atomic E-state index is -2.15. The first-order valence-corrected chi connectivity index (χ1v) is 24.5. The predicted molar refractivity (Wildman–Crippen MR) is 237 cm³/mol. The molecule has 4 aliphatic heterocycles. The molecule has 0 saturated carbocycles. The maximum atomic E-state index is 14.2. The van der Waals surface area contributed by atoms with Crippen LogP contribution in [0.5, 0.6) is 5.75 Å². The average molecular weight is 916 g/mol. The monoisotopic (exact) mass is 914 g/mol. The number of benzene rings is 1. The molecule has 2 fully saturated rings. The number of thiol groups is 1. The van der Waals surface area contributed by atoms with Gasteiger partial charge < -0.3 is 43.9 Å². The van der Waals surface area contributed by atoms with Gasteiger partial charge in [-0.1, -0.05) is 35.4 Å². The van der Waals surface area contributed by atoms with Crippen molar-refractivity contribution in [2.24, 2.45) is 0 Å². The largest absolute Gasteiger partial charge is 0.495 e. The van der Waals surface area contributed by atoms with Crippen LogP contribution in [-0.2, 0) is 54.5 Å². The number of alkyl carbamates (subject to hydrolysis) is 1. The number of aliphatic hydroxyl groups is 1. The van der Waals surface area contributed by atoms with Gasteiger partial charge in [-0.25, -0.2) is 9.59 Å². The van der Waals surface area contributed by atoms with Gasteiger partial charge in [0.05, 0.1) is 25.0 Å². The molecule has 1 aromatic rings. The summed E-state index contributed by atoms with van der Waals surface area (Å²) >= 11 is 8.06. The van der Waals surface area contributed by atoms with E-state index in [9.17, 15) is 33.3 Å². The van der Waals surface area contributed by atoms with E-state index in [2.05, 4.69) is 10.6 Å². The molecule has 0 spiro atoms. The smallest absolute Gasteiger partial charge is 0.409 e. The van der Waals surface area contributed by atoms with Crippen LogP contribution in [0.3, 0.4) is 0 Å². The summed E-state index contributed by atoms with van der Waals surface area (Å²) in [5, 5.41) is 17.3. The molecule has 4 heterocycles. The van der Waals surface area contributed by atoms with Crippen LogP contribution in [0, 0.1) is 0 Å². The van der Waals surface area contributed by atoms with Gasteiger partial charge in [0.25, 0.3) is 0 Å². The van der Waals surface area contributed by atoms with Crippen molar-refractivity contribution in [1.29, 1.82) is 0 Å². The summed E-state index contributed by atoms with van der Waals surface area (Å²) in [5.41, 5.74) is -2.31. The van der Waals surface area contributed by atoms with Gasteiger partial charge in [0.15, 0.2) is 5.72 Å². The lowest BCUT2D eigenvalue weighted by Crippen LogP contribution is -2.72. The average Bonchev–Trinajstić information content (AvgIpc) is 3.17. The second kappa shape index (κ2) is 20.7. The van der Waals surface area contributed by atoms with Crippen molar-refractivity contribution in [1.82, 2.24) is 15.5 Å². The van der Waals surface area contributed by atoms with Crippen LogP contribution in [0.4, 0.5) is 10.5 Å². The van der Waals surface area contributed by atoms with Crippen LogP contribution in [0.2, 0.25) is 5.02 Å². The van der Waals surface area contributed by atoms with Gasteiger partial charge >= 0.3 is 12.1 Å². The molecule has 1 aromatic carbocycles. The normalized spacial score (nSPS) is 29.1. The maximum absolute atomic E-state index is 14.2. The molecule has 4 aliphatic rings. The number of esters is 1. The Morgan fingerprint density at radius 1 is 1.20 bits per heavy atom. The molecular weight excluding hydrogens is 852 g/mol. The summed E-state index contributed by atoms with van der Waals surface area (Å²) in [5.74, 6) is -0.426. The molecular formula is C42H63ClN4O12S2. The third-order valence-electron chi connectivity index (χ3n) is 11.3. The predicted octanol–water partition coefficient (Wildman–Crippen LogP) is 3.56. The number of carbonyl (C=O) groups is 5. The third kappa shape index (κ3) is 12.9. The number of likely N-dealkylation sites (N-methyl/N-ethyl adjacent to an activating group) is 1. The highest BCUT2D eigenvalue weighted by Gasteiger charge is 2.63. The molecule has 342 valence electrons. The Bertz CT molecular complexity index is 1920. The highest BCUT2D eigenvalue weighted by molar-refractivity contribution is 8.01. The standard InChI is InChI=1S/C42H63ClN4O12S2/c1-26-13-11-14-31(56-8)42(53)23-33(58-39(52)45-42)41(4)25-40(3,59-41)32(22-36(50)47(6)29-20-28(19-26)21-30(55-7)37(29)43)57-38(51)27(2)46(5)35(49)15-17-60-24-34(48)44-16-12-18-61(9,10)54/h11,13-14,20-21,27,31-33,53,61H,12,15-19,22-25H2,1-10H3,(H,44,48)(H,45,52)/b14-11+,26-13+/t27-,31+,32-,33-,40+,41?,42-/m0/s1. The molecule has 7 atom stereocenters. The van der Waals surface area contributed by atoms with E-state index in [0.717, 1.165) is 11.1 Å². The van der Waals surface area contributed by atoms with Crippen molar-refractivity contribution in [3.63, 3.8) is 0 Å². The first-order chi connectivity index (χ1) is 28.4. The minimum Gasteiger partial charge on any atom is -0.495 e. The van der Waals surface area contributed by atoms with E-state index in [4.69, 9.17) is 35.3 Å². The van der Waals surface area contributed by atoms with Gasteiger partial charge in [-0.3, -0.25) is 23.9 Å². The number of nitrogens with zero attached hydrogens (tertiary/aromatic N) is 2. The van der Waals surface area contributed by atoms with E-state index in [1.165, 1.54) is 49.8 Å². The highest BCUT2D eigenvalue weighted by atomic mass is 35.5. The Hall–Kier alpha value is -3.68. The van der Waals surface area contributed by atoms with Crippen LogP contribution in [0.25, 0.3) is 0 Å². The Morgan fingerprint density at radius 2 is 1.89 bits per heavy atom. The second-order valence-corrected chi connectivity index (χ2v) is 22.1. The van der Waals surface area contributed by atoms with E-state index >= 15 is 0 Å². The first kappa shape index (κ1) is 50.0. The zero-order valence-electron chi connectivity index (χ0n) is 36.8. The molecule has 4 amide bonds. The Kier molecular flexibility index (Phi) is 16.9. The molecule has 61 heavy (non-hydrogen) atoms. The third-order valence-corrected chi connectivity index (χ3v) is 14.1. The minimum absolute atomic E-state index is 0.0481. The Morgan fingerprint density at radius 3 is 2.52 bits per heavy atom. The lowest BCUT2D eigenvalue weighted by atomic mass is 9.72. The summed E-state index contributed by atoms with van der Waals surface area (Å²) in [6.45, 7) is 7.24. The molecule has 19 heteroatoms. The number of carbonyl (C=O) groups excluding carboxylic acids is 5. The number of fused-ring (bicyclic) bond motifs is 6. The van der Waals surface area contributed by atoms with Crippen molar-refractivity contribution in [2.75, 3.05) is 69.5 Å². The van der Waals surface area contributed by atoms with Gasteiger partial charge in [-0.05, 0) is 70.7 Å².